The van der Waals surface area contributed by atoms with Gasteiger partial charge in [0.1, 0.15) is 5.76 Å². The van der Waals surface area contributed by atoms with Gasteiger partial charge in [-0.1, -0.05) is 40.2 Å². The van der Waals surface area contributed by atoms with Gasteiger partial charge in [0.2, 0.25) is 0 Å². The van der Waals surface area contributed by atoms with Crippen molar-refractivity contribution in [3.63, 3.8) is 0 Å². The lowest BCUT2D eigenvalue weighted by Gasteiger charge is -2.12. The number of hydrogen-bond donors (Lipinski definition) is 0. The molecule has 1 amide bonds. The molecule has 0 bridgehead atoms. The van der Waals surface area contributed by atoms with Gasteiger partial charge in [-0.05, 0) is 65.4 Å². The molecule has 1 aliphatic rings. The predicted molar refractivity (Wildman–Crippen MR) is 135 cm³/mol. The fraction of sp³-hybridized carbons (Fsp3) is 0.125. The van der Waals surface area contributed by atoms with Gasteiger partial charge in [-0.3, -0.25) is 9.69 Å². The Morgan fingerprint density at radius 3 is 2.44 bits per heavy atom. The molecule has 0 spiro atoms. The van der Waals surface area contributed by atoms with Crippen LogP contribution in [0.3, 0.4) is 0 Å². The Balaban J connectivity index is 1.58. The highest BCUT2D eigenvalue weighted by atomic mass is 79.9. The number of hydrogen-bond acceptors (Lipinski definition) is 6. The molecule has 0 unspecified atom stereocenters. The number of halogens is 1. The average Bonchev–Trinajstić information content (AvgIpc) is 3.40. The first-order valence-corrected chi connectivity index (χ1v) is 11.5. The van der Waals surface area contributed by atoms with Gasteiger partial charge in [0.15, 0.2) is 5.17 Å². The predicted octanol–water partition coefficient (Wildman–Crippen LogP) is 5.61. The molecule has 1 aromatic heterocycles. The van der Waals surface area contributed by atoms with E-state index in [2.05, 4.69) is 26.1 Å². The maximum Gasteiger partial charge on any atom is 0.267 e. The van der Waals surface area contributed by atoms with Crippen LogP contribution in [0.25, 0.3) is 6.08 Å². The highest BCUT2D eigenvalue weighted by molar-refractivity contribution is 9.10. The number of thioether (sulfide) groups is 1. The molecule has 162 valence electrons. The number of carbonyl (C=O) groups is 1. The zero-order valence-corrected chi connectivity index (χ0v) is 20.0. The normalized spacial score (nSPS) is 16.6. The van der Waals surface area contributed by atoms with E-state index in [1.54, 1.807) is 23.4 Å². The van der Waals surface area contributed by atoms with Gasteiger partial charge in [0.05, 0.1) is 23.9 Å². The lowest BCUT2D eigenvalue weighted by atomic mass is 10.2. The van der Waals surface area contributed by atoms with Crippen molar-refractivity contribution >= 4 is 56.7 Å². The fourth-order valence-corrected chi connectivity index (χ4v) is 4.19. The molecule has 1 saturated heterocycles. The molecule has 2 heterocycles. The summed E-state index contributed by atoms with van der Waals surface area (Å²) in [5, 5.41) is 9.09. The molecule has 8 heteroatoms. The van der Waals surface area contributed by atoms with Crippen LogP contribution < -0.4 is 4.90 Å². The maximum absolute atomic E-state index is 13.1. The molecule has 3 aromatic rings. The van der Waals surface area contributed by atoms with E-state index in [1.807, 2.05) is 79.7 Å². The molecule has 4 rings (SSSR count). The summed E-state index contributed by atoms with van der Waals surface area (Å²) in [6.07, 6.45) is 5.13. The number of amidine groups is 1. The molecule has 2 aromatic carbocycles. The minimum Gasteiger partial charge on any atom is -0.467 e. The van der Waals surface area contributed by atoms with Gasteiger partial charge in [0.25, 0.3) is 5.91 Å². The van der Waals surface area contributed by atoms with E-state index >= 15 is 0 Å². The number of rotatable bonds is 6. The van der Waals surface area contributed by atoms with Crippen molar-refractivity contribution in [3.05, 3.63) is 93.2 Å². The van der Waals surface area contributed by atoms with E-state index in [0.29, 0.717) is 22.4 Å². The molecule has 0 atom stereocenters. The van der Waals surface area contributed by atoms with Crippen LogP contribution in [0.5, 0.6) is 0 Å². The summed E-state index contributed by atoms with van der Waals surface area (Å²) in [6, 6.07) is 19.4. The Bertz CT molecular complexity index is 1170. The molecule has 0 saturated carbocycles. The van der Waals surface area contributed by atoms with Crippen molar-refractivity contribution in [2.75, 3.05) is 19.0 Å². The van der Waals surface area contributed by atoms with Crippen molar-refractivity contribution in [2.45, 2.75) is 6.54 Å². The number of carbonyl (C=O) groups excluding carboxylic acids is 1. The summed E-state index contributed by atoms with van der Waals surface area (Å²) in [5.74, 6) is 0.554. The van der Waals surface area contributed by atoms with Crippen LogP contribution in [0.15, 0.2) is 90.9 Å². The van der Waals surface area contributed by atoms with Crippen LogP contribution in [0.2, 0.25) is 0 Å². The van der Waals surface area contributed by atoms with E-state index in [0.717, 1.165) is 21.3 Å². The maximum atomic E-state index is 13.1. The number of nitrogens with zero attached hydrogens (tertiary/aromatic N) is 4. The largest absolute Gasteiger partial charge is 0.467 e. The van der Waals surface area contributed by atoms with E-state index < -0.39 is 0 Å². The van der Waals surface area contributed by atoms with E-state index in [1.165, 1.54) is 11.8 Å². The summed E-state index contributed by atoms with van der Waals surface area (Å²) in [5.41, 5.74) is 2.97. The van der Waals surface area contributed by atoms with Crippen molar-refractivity contribution in [1.29, 1.82) is 0 Å². The molecule has 0 radical (unpaired) electrons. The molecule has 1 fully saturated rings. The highest BCUT2D eigenvalue weighted by Crippen LogP contribution is 2.34. The number of furan rings is 1. The van der Waals surface area contributed by atoms with Gasteiger partial charge < -0.3 is 9.32 Å². The van der Waals surface area contributed by atoms with Crippen LogP contribution in [-0.2, 0) is 11.3 Å². The number of anilines is 1. The lowest BCUT2D eigenvalue weighted by molar-refractivity contribution is -0.122. The summed E-state index contributed by atoms with van der Waals surface area (Å²) < 4.78 is 6.42. The minimum atomic E-state index is -0.126. The topological polar surface area (TPSA) is 61.4 Å². The monoisotopic (exact) mass is 508 g/mol. The van der Waals surface area contributed by atoms with Crippen molar-refractivity contribution < 1.29 is 9.21 Å². The Kier molecular flexibility index (Phi) is 6.92. The third-order valence-electron chi connectivity index (χ3n) is 4.71. The molecule has 0 N–H and O–H groups in total. The third kappa shape index (κ3) is 5.38. The first-order valence-electron chi connectivity index (χ1n) is 9.87. The standard InChI is InChI=1S/C24H21BrN4O2S/c1-28(2)20-11-7-18(8-12-20)15-26-27-24-29(16-21-4-3-13-31-21)23(30)22(32-24)14-17-5-9-19(25)10-6-17/h3-15H,16H2,1-2H3/b22-14-,26-15-,27-24+. The zero-order valence-electron chi connectivity index (χ0n) is 17.6. The fourth-order valence-electron chi connectivity index (χ4n) is 2.99. The van der Waals surface area contributed by atoms with Crippen LogP contribution in [0.1, 0.15) is 16.9 Å². The van der Waals surface area contributed by atoms with Crippen molar-refractivity contribution in [1.82, 2.24) is 4.90 Å². The smallest absolute Gasteiger partial charge is 0.267 e. The average molecular weight is 509 g/mol. The Morgan fingerprint density at radius 1 is 1.06 bits per heavy atom. The Labute approximate surface area is 199 Å². The quantitative estimate of drug-likeness (QED) is 0.246. The summed E-state index contributed by atoms with van der Waals surface area (Å²) in [6.45, 7) is 0.294. The molecule has 32 heavy (non-hydrogen) atoms. The Morgan fingerprint density at radius 2 is 1.78 bits per heavy atom. The number of amides is 1. The lowest BCUT2D eigenvalue weighted by Crippen LogP contribution is -2.28. The van der Waals surface area contributed by atoms with Gasteiger partial charge in [-0.15, -0.1) is 5.10 Å². The van der Waals surface area contributed by atoms with Gasteiger partial charge >= 0.3 is 0 Å². The second-order valence-corrected chi connectivity index (χ2v) is 9.17. The SMILES string of the molecule is CN(C)c1ccc(/C=N\N=C2\S/C(=C\c3ccc(Br)cc3)C(=O)N2Cc2ccco2)cc1. The van der Waals surface area contributed by atoms with Crippen LogP contribution in [0.4, 0.5) is 5.69 Å². The van der Waals surface area contributed by atoms with Crippen LogP contribution in [-0.4, -0.2) is 36.3 Å². The highest BCUT2D eigenvalue weighted by Gasteiger charge is 2.34. The van der Waals surface area contributed by atoms with E-state index in [-0.39, 0.29) is 5.91 Å². The summed E-state index contributed by atoms with van der Waals surface area (Å²) in [7, 11) is 3.99. The van der Waals surface area contributed by atoms with Crippen molar-refractivity contribution in [2.24, 2.45) is 10.2 Å². The van der Waals surface area contributed by atoms with Crippen molar-refractivity contribution in [3.8, 4) is 0 Å². The second-order valence-electron chi connectivity index (χ2n) is 7.25. The van der Waals surface area contributed by atoms with Crippen LogP contribution in [0, 0.1) is 0 Å². The van der Waals surface area contributed by atoms with E-state index in [4.69, 9.17) is 4.42 Å². The van der Waals surface area contributed by atoms with Gasteiger partial charge in [-0.25, -0.2) is 0 Å². The first-order chi connectivity index (χ1) is 15.5. The Hall–Kier alpha value is -3.10. The summed E-state index contributed by atoms with van der Waals surface area (Å²) >= 11 is 4.74. The van der Waals surface area contributed by atoms with Gasteiger partial charge in [0, 0.05) is 24.3 Å². The summed E-state index contributed by atoms with van der Waals surface area (Å²) in [4.78, 5) is 17.3. The van der Waals surface area contributed by atoms with Gasteiger partial charge in [-0.2, -0.15) is 5.10 Å². The number of benzene rings is 2. The third-order valence-corrected chi connectivity index (χ3v) is 6.24. The first kappa shape index (κ1) is 22.1. The van der Waals surface area contributed by atoms with E-state index in [9.17, 15) is 4.79 Å². The minimum absolute atomic E-state index is 0.126. The molecular formula is C24H21BrN4O2S. The molecule has 6 nitrogen and oxygen atoms in total. The molecular weight excluding hydrogens is 488 g/mol. The zero-order chi connectivity index (χ0) is 22.5. The second kappa shape index (κ2) is 10.0. The molecule has 1 aliphatic heterocycles. The molecule has 0 aliphatic carbocycles. The van der Waals surface area contributed by atoms with Crippen LogP contribution >= 0.6 is 27.7 Å².